The van der Waals surface area contributed by atoms with E-state index in [0.29, 0.717) is 6.04 Å². The average molecular weight is 220 g/mol. The maximum atomic E-state index is 6.03. The summed E-state index contributed by atoms with van der Waals surface area (Å²) in [6, 6.07) is 8.97. The van der Waals surface area contributed by atoms with E-state index in [0.717, 1.165) is 19.5 Å². The molecule has 0 heterocycles. The van der Waals surface area contributed by atoms with Crippen molar-refractivity contribution in [2.45, 2.75) is 39.3 Å². The van der Waals surface area contributed by atoms with Gasteiger partial charge in [0.2, 0.25) is 0 Å². The number of benzene rings is 1. The van der Waals surface area contributed by atoms with E-state index in [1.54, 1.807) is 0 Å². The predicted molar refractivity (Wildman–Crippen MR) is 70.4 cm³/mol. The van der Waals surface area contributed by atoms with E-state index in [2.05, 4.69) is 50.1 Å². The van der Waals surface area contributed by atoms with Crippen LogP contribution in [0.3, 0.4) is 0 Å². The topological polar surface area (TPSA) is 29.3 Å². The third-order valence-electron chi connectivity index (χ3n) is 2.74. The third-order valence-corrected chi connectivity index (χ3v) is 2.74. The molecule has 2 nitrogen and oxygen atoms in total. The van der Waals surface area contributed by atoms with Crippen molar-refractivity contribution in [3.8, 4) is 0 Å². The smallest absolute Gasteiger partial charge is 0.0231 e. The molecule has 0 radical (unpaired) electrons. The standard InChI is InChI=1S/C14H24N2/c1-4-6-14(15)11-16(3)10-13-8-5-7-12(2)9-13/h5,7-9,14H,4,6,10-11,15H2,1-3H3. The van der Waals surface area contributed by atoms with Crippen molar-refractivity contribution < 1.29 is 0 Å². The number of nitrogens with two attached hydrogens (primary N) is 1. The molecule has 2 heteroatoms. The minimum absolute atomic E-state index is 0.305. The van der Waals surface area contributed by atoms with E-state index >= 15 is 0 Å². The summed E-state index contributed by atoms with van der Waals surface area (Å²) in [6.07, 6.45) is 2.28. The van der Waals surface area contributed by atoms with Crippen molar-refractivity contribution in [1.82, 2.24) is 4.90 Å². The van der Waals surface area contributed by atoms with Crippen LogP contribution in [0.25, 0.3) is 0 Å². The maximum absolute atomic E-state index is 6.03. The molecule has 0 aliphatic heterocycles. The summed E-state index contributed by atoms with van der Waals surface area (Å²) < 4.78 is 0. The van der Waals surface area contributed by atoms with E-state index in [4.69, 9.17) is 5.73 Å². The van der Waals surface area contributed by atoms with Crippen LogP contribution >= 0.6 is 0 Å². The van der Waals surface area contributed by atoms with Crippen LogP contribution in [0.1, 0.15) is 30.9 Å². The van der Waals surface area contributed by atoms with Crippen LogP contribution in [-0.2, 0) is 6.54 Å². The van der Waals surface area contributed by atoms with Gasteiger partial charge in [-0.2, -0.15) is 0 Å². The number of likely N-dealkylation sites (N-methyl/N-ethyl adjacent to an activating group) is 1. The largest absolute Gasteiger partial charge is 0.327 e. The van der Waals surface area contributed by atoms with Gasteiger partial charge in [-0.05, 0) is 26.0 Å². The van der Waals surface area contributed by atoms with Gasteiger partial charge in [0.1, 0.15) is 0 Å². The molecule has 0 saturated heterocycles. The Morgan fingerprint density at radius 2 is 2.12 bits per heavy atom. The van der Waals surface area contributed by atoms with Crippen LogP contribution in [-0.4, -0.2) is 24.5 Å². The molecule has 0 bridgehead atoms. The fourth-order valence-corrected chi connectivity index (χ4v) is 2.05. The summed E-state index contributed by atoms with van der Waals surface area (Å²) >= 11 is 0. The highest BCUT2D eigenvalue weighted by molar-refractivity contribution is 5.21. The number of nitrogens with zero attached hydrogens (tertiary/aromatic N) is 1. The summed E-state index contributed by atoms with van der Waals surface area (Å²) in [7, 11) is 2.14. The van der Waals surface area contributed by atoms with Gasteiger partial charge in [-0.3, -0.25) is 0 Å². The monoisotopic (exact) mass is 220 g/mol. The van der Waals surface area contributed by atoms with Crippen molar-refractivity contribution in [2.75, 3.05) is 13.6 Å². The molecule has 2 N–H and O–H groups in total. The molecular formula is C14H24N2. The van der Waals surface area contributed by atoms with Gasteiger partial charge in [-0.1, -0.05) is 43.2 Å². The summed E-state index contributed by atoms with van der Waals surface area (Å²) in [6.45, 7) is 6.27. The first-order valence-electron chi connectivity index (χ1n) is 6.11. The van der Waals surface area contributed by atoms with E-state index in [1.807, 2.05) is 0 Å². The number of rotatable bonds is 6. The molecule has 0 amide bonds. The van der Waals surface area contributed by atoms with Gasteiger partial charge in [0.15, 0.2) is 0 Å². The van der Waals surface area contributed by atoms with Crippen molar-refractivity contribution in [3.63, 3.8) is 0 Å². The third kappa shape index (κ3) is 4.77. The molecular weight excluding hydrogens is 196 g/mol. The highest BCUT2D eigenvalue weighted by Gasteiger charge is 2.06. The lowest BCUT2D eigenvalue weighted by molar-refractivity contribution is 0.297. The lowest BCUT2D eigenvalue weighted by Gasteiger charge is -2.21. The molecule has 16 heavy (non-hydrogen) atoms. The predicted octanol–water partition coefficient (Wildman–Crippen LogP) is 2.55. The van der Waals surface area contributed by atoms with Crippen LogP contribution in [0.5, 0.6) is 0 Å². The Kier molecular flexibility index (Phi) is 5.50. The van der Waals surface area contributed by atoms with Crippen molar-refractivity contribution in [2.24, 2.45) is 5.73 Å². The summed E-state index contributed by atoms with van der Waals surface area (Å²) in [4.78, 5) is 2.30. The summed E-state index contributed by atoms with van der Waals surface area (Å²) in [5, 5.41) is 0. The average Bonchev–Trinajstić information content (AvgIpc) is 2.17. The fourth-order valence-electron chi connectivity index (χ4n) is 2.05. The molecule has 1 aromatic rings. The first-order chi connectivity index (χ1) is 7.61. The highest BCUT2D eigenvalue weighted by Crippen LogP contribution is 2.07. The molecule has 1 aromatic carbocycles. The minimum atomic E-state index is 0.305. The lowest BCUT2D eigenvalue weighted by Crippen LogP contribution is -2.34. The first-order valence-corrected chi connectivity index (χ1v) is 6.11. The highest BCUT2D eigenvalue weighted by atomic mass is 15.1. The Hall–Kier alpha value is -0.860. The first kappa shape index (κ1) is 13.2. The fraction of sp³-hybridized carbons (Fsp3) is 0.571. The zero-order valence-corrected chi connectivity index (χ0v) is 10.7. The van der Waals surface area contributed by atoms with Crippen LogP contribution in [0, 0.1) is 6.92 Å². The minimum Gasteiger partial charge on any atom is -0.327 e. The molecule has 0 aromatic heterocycles. The van der Waals surface area contributed by atoms with Gasteiger partial charge in [0.05, 0.1) is 0 Å². The Morgan fingerprint density at radius 1 is 1.38 bits per heavy atom. The van der Waals surface area contributed by atoms with E-state index in [9.17, 15) is 0 Å². The number of hydrogen-bond acceptors (Lipinski definition) is 2. The quantitative estimate of drug-likeness (QED) is 0.798. The van der Waals surface area contributed by atoms with E-state index < -0.39 is 0 Å². The molecule has 0 fully saturated rings. The second-order valence-electron chi connectivity index (χ2n) is 4.73. The Morgan fingerprint density at radius 3 is 2.75 bits per heavy atom. The van der Waals surface area contributed by atoms with Crippen LogP contribution in [0.4, 0.5) is 0 Å². The van der Waals surface area contributed by atoms with Gasteiger partial charge in [0.25, 0.3) is 0 Å². The molecule has 0 aliphatic rings. The van der Waals surface area contributed by atoms with Crippen molar-refractivity contribution in [1.29, 1.82) is 0 Å². The molecule has 0 saturated carbocycles. The zero-order chi connectivity index (χ0) is 12.0. The maximum Gasteiger partial charge on any atom is 0.0231 e. The second kappa shape index (κ2) is 6.66. The van der Waals surface area contributed by atoms with Crippen LogP contribution in [0.15, 0.2) is 24.3 Å². The molecule has 1 atom stereocenters. The SMILES string of the molecule is CCCC(N)CN(C)Cc1cccc(C)c1. The van der Waals surface area contributed by atoms with Crippen LogP contribution < -0.4 is 5.73 Å². The van der Waals surface area contributed by atoms with Gasteiger partial charge in [-0.25, -0.2) is 0 Å². The van der Waals surface area contributed by atoms with E-state index in [1.165, 1.54) is 17.5 Å². The molecule has 0 spiro atoms. The Bertz CT molecular complexity index is 309. The van der Waals surface area contributed by atoms with Crippen molar-refractivity contribution >= 4 is 0 Å². The second-order valence-corrected chi connectivity index (χ2v) is 4.73. The van der Waals surface area contributed by atoms with Gasteiger partial charge in [0, 0.05) is 19.1 Å². The molecule has 1 unspecified atom stereocenters. The van der Waals surface area contributed by atoms with Gasteiger partial charge < -0.3 is 10.6 Å². The Balaban J connectivity index is 2.42. The molecule has 90 valence electrons. The number of aryl methyl sites for hydroxylation is 1. The summed E-state index contributed by atoms with van der Waals surface area (Å²) in [5.41, 5.74) is 8.72. The van der Waals surface area contributed by atoms with Gasteiger partial charge in [-0.15, -0.1) is 0 Å². The van der Waals surface area contributed by atoms with Crippen LogP contribution in [0.2, 0.25) is 0 Å². The molecule has 0 aliphatic carbocycles. The van der Waals surface area contributed by atoms with E-state index in [-0.39, 0.29) is 0 Å². The Labute approximate surface area is 99.5 Å². The summed E-state index contributed by atoms with van der Waals surface area (Å²) in [5.74, 6) is 0. The lowest BCUT2D eigenvalue weighted by atomic mass is 10.1. The zero-order valence-electron chi connectivity index (χ0n) is 10.7. The van der Waals surface area contributed by atoms with Gasteiger partial charge >= 0.3 is 0 Å². The number of hydrogen-bond donors (Lipinski definition) is 1. The molecule has 1 rings (SSSR count). The normalized spacial score (nSPS) is 13.1. The van der Waals surface area contributed by atoms with Crippen molar-refractivity contribution in [3.05, 3.63) is 35.4 Å².